The van der Waals surface area contributed by atoms with E-state index in [1.807, 2.05) is 12.1 Å². The summed E-state index contributed by atoms with van der Waals surface area (Å²) in [4.78, 5) is 25.2. The molecular weight excluding hydrogens is 336 g/mol. The third kappa shape index (κ3) is 5.98. The molecule has 1 N–H and O–H groups in total. The molecule has 0 bridgehead atoms. The SMILES string of the molecule is CN(C)C(=O)c1ccc(C#CCNC(=O)Cc2ccc(Cl)cc2)cc1. The van der Waals surface area contributed by atoms with Gasteiger partial charge in [-0.05, 0) is 42.0 Å². The van der Waals surface area contributed by atoms with Crippen LogP contribution in [0.3, 0.4) is 0 Å². The summed E-state index contributed by atoms with van der Waals surface area (Å²) >= 11 is 5.81. The molecule has 0 atom stereocenters. The first-order chi connectivity index (χ1) is 12.0. The molecule has 0 radical (unpaired) electrons. The van der Waals surface area contributed by atoms with E-state index in [0.717, 1.165) is 11.1 Å². The molecule has 2 aromatic carbocycles. The molecule has 0 heterocycles. The largest absolute Gasteiger partial charge is 0.345 e. The molecule has 0 aromatic heterocycles. The number of carbonyl (C=O) groups excluding carboxylic acids is 2. The predicted molar refractivity (Wildman–Crippen MR) is 99.5 cm³/mol. The number of hydrogen-bond acceptors (Lipinski definition) is 2. The molecule has 2 amide bonds. The lowest BCUT2D eigenvalue weighted by Crippen LogP contribution is -2.25. The van der Waals surface area contributed by atoms with Crippen molar-refractivity contribution in [2.75, 3.05) is 20.6 Å². The summed E-state index contributed by atoms with van der Waals surface area (Å²) in [6.07, 6.45) is 0.292. The molecule has 0 saturated carbocycles. The average molecular weight is 355 g/mol. The Morgan fingerprint density at radius 1 is 1.04 bits per heavy atom. The van der Waals surface area contributed by atoms with Gasteiger partial charge in [0.1, 0.15) is 0 Å². The van der Waals surface area contributed by atoms with Gasteiger partial charge in [-0.3, -0.25) is 9.59 Å². The lowest BCUT2D eigenvalue weighted by atomic mass is 10.1. The standard InChI is InChI=1S/C20H19ClN2O2/c1-23(2)20(25)17-9-5-15(6-10-17)4-3-13-22-19(24)14-16-7-11-18(21)12-8-16/h5-12H,13-14H2,1-2H3,(H,22,24). The maximum absolute atomic E-state index is 11.8. The second-order valence-electron chi connectivity index (χ2n) is 5.66. The van der Waals surface area contributed by atoms with Crippen LogP contribution in [0.4, 0.5) is 0 Å². The van der Waals surface area contributed by atoms with E-state index < -0.39 is 0 Å². The Labute approximate surface area is 152 Å². The molecular formula is C20H19ClN2O2. The molecule has 0 saturated heterocycles. The van der Waals surface area contributed by atoms with Crippen LogP contribution in [0.15, 0.2) is 48.5 Å². The number of carbonyl (C=O) groups is 2. The van der Waals surface area contributed by atoms with E-state index in [0.29, 0.717) is 17.0 Å². The summed E-state index contributed by atoms with van der Waals surface area (Å²) in [5.41, 5.74) is 2.31. The molecule has 25 heavy (non-hydrogen) atoms. The average Bonchev–Trinajstić information content (AvgIpc) is 2.60. The maximum atomic E-state index is 11.8. The Bertz CT molecular complexity index is 800. The van der Waals surface area contributed by atoms with Gasteiger partial charge in [0.25, 0.3) is 5.91 Å². The lowest BCUT2D eigenvalue weighted by molar-refractivity contribution is -0.120. The van der Waals surface area contributed by atoms with Crippen LogP contribution >= 0.6 is 11.6 Å². The quantitative estimate of drug-likeness (QED) is 0.858. The predicted octanol–water partition coefficient (Wildman–Crippen LogP) is 2.75. The van der Waals surface area contributed by atoms with Crippen molar-refractivity contribution in [1.82, 2.24) is 10.2 Å². The summed E-state index contributed by atoms with van der Waals surface area (Å²) in [6, 6.07) is 14.2. The van der Waals surface area contributed by atoms with Gasteiger partial charge in [0.2, 0.25) is 5.91 Å². The molecule has 0 aliphatic carbocycles. The van der Waals surface area contributed by atoms with Crippen LogP contribution in [0.2, 0.25) is 5.02 Å². The normalized spacial score (nSPS) is 9.72. The summed E-state index contributed by atoms with van der Waals surface area (Å²) in [7, 11) is 3.42. The molecule has 128 valence electrons. The summed E-state index contributed by atoms with van der Waals surface area (Å²) in [5.74, 6) is 5.72. The van der Waals surface area contributed by atoms with Crippen LogP contribution in [0.5, 0.6) is 0 Å². The fraction of sp³-hybridized carbons (Fsp3) is 0.200. The van der Waals surface area contributed by atoms with Gasteiger partial charge in [-0.15, -0.1) is 0 Å². The first kappa shape index (κ1) is 18.6. The van der Waals surface area contributed by atoms with Crippen LogP contribution in [-0.4, -0.2) is 37.4 Å². The number of benzene rings is 2. The topological polar surface area (TPSA) is 49.4 Å². The Morgan fingerprint density at radius 2 is 1.68 bits per heavy atom. The van der Waals surface area contributed by atoms with Gasteiger partial charge in [0, 0.05) is 30.2 Å². The fourth-order valence-electron chi connectivity index (χ4n) is 2.09. The molecule has 0 aliphatic heterocycles. The number of hydrogen-bond donors (Lipinski definition) is 1. The fourth-order valence-corrected chi connectivity index (χ4v) is 2.22. The van der Waals surface area contributed by atoms with E-state index in [9.17, 15) is 9.59 Å². The van der Waals surface area contributed by atoms with Crippen LogP contribution in [0, 0.1) is 11.8 Å². The lowest BCUT2D eigenvalue weighted by Gasteiger charge is -2.09. The van der Waals surface area contributed by atoms with Crippen molar-refractivity contribution in [2.45, 2.75) is 6.42 Å². The monoisotopic (exact) mass is 354 g/mol. The van der Waals surface area contributed by atoms with Gasteiger partial charge in [-0.1, -0.05) is 35.6 Å². The molecule has 2 rings (SSSR count). The minimum atomic E-state index is -0.0939. The van der Waals surface area contributed by atoms with E-state index in [2.05, 4.69) is 17.2 Å². The zero-order valence-electron chi connectivity index (χ0n) is 14.2. The van der Waals surface area contributed by atoms with Gasteiger partial charge in [-0.25, -0.2) is 0 Å². The number of amides is 2. The van der Waals surface area contributed by atoms with Crippen molar-refractivity contribution < 1.29 is 9.59 Å². The summed E-state index contributed by atoms with van der Waals surface area (Å²) in [6.45, 7) is 0.269. The van der Waals surface area contributed by atoms with E-state index in [1.165, 1.54) is 4.90 Å². The van der Waals surface area contributed by atoms with Crippen molar-refractivity contribution in [1.29, 1.82) is 0 Å². The summed E-state index contributed by atoms with van der Waals surface area (Å²) < 4.78 is 0. The van der Waals surface area contributed by atoms with Crippen LogP contribution in [0.1, 0.15) is 21.5 Å². The number of nitrogens with zero attached hydrogens (tertiary/aromatic N) is 1. The number of nitrogens with one attached hydrogen (secondary N) is 1. The van der Waals surface area contributed by atoms with Crippen molar-refractivity contribution >= 4 is 23.4 Å². The smallest absolute Gasteiger partial charge is 0.253 e. The Balaban J connectivity index is 1.82. The van der Waals surface area contributed by atoms with Gasteiger partial charge in [-0.2, -0.15) is 0 Å². The van der Waals surface area contributed by atoms with E-state index >= 15 is 0 Å². The van der Waals surface area contributed by atoms with E-state index in [1.54, 1.807) is 50.5 Å². The molecule has 0 fully saturated rings. The molecule has 0 spiro atoms. The van der Waals surface area contributed by atoms with Gasteiger partial charge in [0.15, 0.2) is 0 Å². The highest BCUT2D eigenvalue weighted by Crippen LogP contribution is 2.09. The van der Waals surface area contributed by atoms with Crippen molar-refractivity contribution in [3.05, 3.63) is 70.2 Å². The minimum absolute atomic E-state index is 0.0472. The highest BCUT2D eigenvalue weighted by molar-refractivity contribution is 6.30. The maximum Gasteiger partial charge on any atom is 0.253 e. The number of rotatable bonds is 4. The summed E-state index contributed by atoms with van der Waals surface area (Å²) in [5, 5.41) is 3.40. The Morgan fingerprint density at radius 3 is 2.28 bits per heavy atom. The van der Waals surface area contributed by atoms with Gasteiger partial charge in [0.05, 0.1) is 13.0 Å². The first-order valence-corrected chi connectivity index (χ1v) is 8.15. The van der Waals surface area contributed by atoms with Gasteiger partial charge < -0.3 is 10.2 Å². The first-order valence-electron chi connectivity index (χ1n) is 7.77. The molecule has 4 nitrogen and oxygen atoms in total. The number of halogens is 1. The minimum Gasteiger partial charge on any atom is -0.345 e. The Kier molecular flexibility index (Phi) is 6.62. The zero-order chi connectivity index (χ0) is 18.2. The Hall–Kier alpha value is -2.77. The van der Waals surface area contributed by atoms with Crippen LogP contribution in [-0.2, 0) is 11.2 Å². The van der Waals surface area contributed by atoms with Crippen LogP contribution < -0.4 is 5.32 Å². The molecule has 5 heteroatoms. The van der Waals surface area contributed by atoms with Crippen molar-refractivity contribution in [3.63, 3.8) is 0 Å². The van der Waals surface area contributed by atoms with Crippen LogP contribution in [0.25, 0.3) is 0 Å². The highest BCUT2D eigenvalue weighted by Gasteiger charge is 2.06. The van der Waals surface area contributed by atoms with E-state index in [4.69, 9.17) is 11.6 Å². The second kappa shape index (κ2) is 8.91. The third-order valence-corrected chi connectivity index (χ3v) is 3.67. The molecule has 0 unspecified atom stereocenters. The van der Waals surface area contributed by atoms with Crippen molar-refractivity contribution in [2.24, 2.45) is 0 Å². The molecule has 0 aliphatic rings. The highest BCUT2D eigenvalue weighted by atomic mass is 35.5. The zero-order valence-corrected chi connectivity index (χ0v) is 14.9. The van der Waals surface area contributed by atoms with Gasteiger partial charge >= 0.3 is 0 Å². The van der Waals surface area contributed by atoms with Crippen molar-refractivity contribution in [3.8, 4) is 11.8 Å². The van der Waals surface area contributed by atoms with E-state index in [-0.39, 0.29) is 18.4 Å². The third-order valence-electron chi connectivity index (χ3n) is 3.42. The molecule has 2 aromatic rings. The second-order valence-corrected chi connectivity index (χ2v) is 6.10.